The summed E-state index contributed by atoms with van der Waals surface area (Å²) in [7, 11) is 0. The number of benzene rings is 2. The van der Waals surface area contributed by atoms with Crippen molar-refractivity contribution in [1.29, 1.82) is 5.26 Å². The number of nitrogen functional groups attached to an aromatic ring is 1. The quantitative estimate of drug-likeness (QED) is 0.0562. The Hall–Kier alpha value is -6.45. The number of nitrogens with two attached hydrogens (primary N) is 1. The van der Waals surface area contributed by atoms with Crippen LogP contribution in [0.1, 0.15) is 28.5 Å². The third-order valence-corrected chi connectivity index (χ3v) is 9.84. The lowest BCUT2D eigenvalue weighted by molar-refractivity contribution is -0.151. The molecule has 1 saturated heterocycles. The number of carbonyl (C=O) groups excluding carboxylic acids is 2. The highest BCUT2D eigenvalue weighted by Crippen LogP contribution is 2.41. The number of nitriles is 1. The van der Waals surface area contributed by atoms with Crippen LogP contribution in [0.2, 0.25) is 0 Å². The molecule has 2 aromatic carbocycles. The van der Waals surface area contributed by atoms with Crippen molar-refractivity contribution in [2.75, 3.05) is 11.5 Å². The average Bonchev–Trinajstić information content (AvgIpc) is 3.55. The fourth-order valence-corrected chi connectivity index (χ4v) is 7.26. The number of aromatic hydroxyl groups is 2. The number of phenols is 2. The maximum absolute atomic E-state index is 13.5. The van der Waals surface area contributed by atoms with Crippen LogP contribution in [0.3, 0.4) is 0 Å². The number of amides is 2. The molecule has 3 unspecified atom stereocenters. The monoisotopic (exact) mass is 727 g/mol. The molecule has 258 valence electrons. The Morgan fingerprint density at radius 2 is 2.00 bits per heavy atom. The van der Waals surface area contributed by atoms with Crippen molar-refractivity contribution in [3.05, 3.63) is 99.8 Å². The van der Waals surface area contributed by atoms with Gasteiger partial charge in [0.25, 0.3) is 17.9 Å². The van der Waals surface area contributed by atoms with Crippen LogP contribution in [0.4, 0.5) is 5.13 Å². The second-order valence-corrected chi connectivity index (χ2v) is 13.0. The molecule has 7 N–H and O–H groups in total. The summed E-state index contributed by atoms with van der Waals surface area (Å²) in [4.78, 5) is 65.9. The number of hydrogen-bond donors (Lipinski definition) is 6. The molecule has 1 fully saturated rings. The lowest BCUT2D eigenvalue weighted by Gasteiger charge is -2.49. The number of nitrogens with one attached hydrogen (secondary N) is 1. The summed E-state index contributed by atoms with van der Waals surface area (Å²) in [5.74, 6) is -6.34. The summed E-state index contributed by atoms with van der Waals surface area (Å²) >= 11 is 2.16. The summed E-state index contributed by atoms with van der Waals surface area (Å²) in [6.07, 6.45) is 3.59. The topological polar surface area (TPSA) is 262 Å². The van der Waals surface area contributed by atoms with Gasteiger partial charge in [-0.2, -0.15) is 5.26 Å². The molecule has 0 radical (unpaired) electrons. The van der Waals surface area contributed by atoms with Gasteiger partial charge >= 0.3 is 11.9 Å². The Morgan fingerprint density at radius 3 is 2.71 bits per heavy atom. The second-order valence-electron chi connectivity index (χ2n) is 11.0. The molecule has 4 heterocycles. The molecule has 16 nitrogen and oxygen atoms in total. The van der Waals surface area contributed by atoms with Gasteiger partial charge in [0.1, 0.15) is 28.9 Å². The van der Waals surface area contributed by atoms with Gasteiger partial charge in [0.05, 0.1) is 16.6 Å². The number of phenolic OH excluding ortho intramolecular Hbond substituents is 2. The van der Waals surface area contributed by atoms with E-state index >= 15 is 0 Å². The number of aromatic nitrogens is 2. The molecule has 18 heteroatoms. The number of aliphatic carboxylic acids is 2. The maximum atomic E-state index is 13.5. The molecular weight excluding hydrogens is 703 g/mol. The van der Waals surface area contributed by atoms with Crippen LogP contribution in [0.15, 0.2) is 82.6 Å². The van der Waals surface area contributed by atoms with E-state index in [-0.39, 0.29) is 27.8 Å². The van der Waals surface area contributed by atoms with Crippen LogP contribution in [0.5, 0.6) is 11.5 Å². The molecule has 2 aliphatic heterocycles. The summed E-state index contributed by atoms with van der Waals surface area (Å²) in [5.41, 5.74) is 6.20. The van der Waals surface area contributed by atoms with Crippen molar-refractivity contribution in [1.82, 2.24) is 20.2 Å². The van der Waals surface area contributed by atoms with Crippen molar-refractivity contribution >= 4 is 68.6 Å². The number of pyridine rings is 1. The zero-order valence-electron chi connectivity index (χ0n) is 26.0. The Kier molecular flexibility index (Phi) is 9.57. The van der Waals surface area contributed by atoms with E-state index in [1.165, 1.54) is 17.1 Å². The summed E-state index contributed by atoms with van der Waals surface area (Å²) in [6, 6.07) is 12.2. The molecule has 2 aromatic heterocycles. The number of carbonyl (C=O) groups is 4. The standard InChI is InChI=1S/C33H25N7O9S2/c34-12-17-8-9-19(26(42)25(17)41)27(32(47)48)49-39-22(21-14-51-33(35)37-21)28(43)38-23-29(44)40-24(31(45)46)18(13-50-30(23)40)4-1-3-15-6-7-16-5-2-10-36-20(16)11-15/h1-2,4-11,14,23,27,30,41-42H,3,13H2,(H2,35,37)(H,38,43)(H,45,46)(H,47,48). The first-order valence-electron chi connectivity index (χ1n) is 14.8. The number of hydrogen-bond acceptors (Lipinski definition) is 14. The Balaban J connectivity index is 1.20. The van der Waals surface area contributed by atoms with Gasteiger partial charge in [-0.3, -0.25) is 19.5 Å². The molecule has 0 bridgehead atoms. The number of allylic oxidation sites excluding steroid dienone is 2. The van der Waals surface area contributed by atoms with Crippen LogP contribution < -0.4 is 11.1 Å². The van der Waals surface area contributed by atoms with Gasteiger partial charge in [-0.1, -0.05) is 35.5 Å². The minimum Gasteiger partial charge on any atom is -0.504 e. The molecule has 0 aliphatic carbocycles. The van der Waals surface area contributed by atoms with Gasteiger partial charge < -0.3 is 36.3 Å². The number of fused-ring (bicyclic) bond motifs is 2. The van der Waals surface area contributed by atoms with Crippen LogP contribution in [0, 0.1) is 11.3 Å². The first kappa shape index (κ1) is 34.4. The third-order valence-electron chi connectivity index (χ3n) is 7.87. The largest absolute Gasteiger partial charge is 0.504 e. The summed E-state index contributed by atoms with van der Waals surface area (Å²) in [5, 5.41) is 57.1. The minimum absolute atomic E-state index is 0.0257. The van der Waals surface area contributed by atoms with Gasteiger partial charge in [0, 0.05) is 22.7 Å². The highest BCUT2D eigenvalue weighted by molar-refractivity contribution is 8.00. The lowest BCUT2D eigenvalue weighted by atomic mass is 10.0. The van der Waals surface area contributed by atoms with Crippen molar-refractivity contribution < 1.29 is 44.4 Å². The molecule has 2 aliphatic rings. The predicted molar refractivity (Wildman–Crippen MR) is 183 cm³/mol. The highest BCUT2D eigenvalue weighted by atomic mass is 32.2. The number of β-lactam (4-membered cyclic amide) rings is 1. The molecule has 4 aromatic rings. The van der Waals surface area contributed by atoms with Gasteiger partial charge in [0.15, 0.2) is 22.3 Å². The van der Waals surface area contributed by atoms with Gasteiger partial charge in [-0.05, 0) is 41.8 Å². The van der Waals surface area contributed by atoms with E-state index in [0.717, 1.165) is 44.8 Å². The van der Waals surface area contributed by atoms with Gasteiger partial charge in [-0.15, -0.1) is 23.1 Å². The molecule has 3 atom stereocenters. The first-order chi connectivity index (χ1) is 24.5. The minimum atomic E-state index is -2.07. The Morgan fingerprint density at radius 1 is 1.20 bits per heavy atom. The molecule has 6 rings (SSSR count). The van der Waals surface area contributed by atoms with E-state index < -0.39 is 64.0 Å². The summed E-state index contributed by atoms with van der Waals surface area (Å²) < 4.78 is 0. The first-order valence-corrected chi connectivity index (χ1v) is 16.8. The van der Waals surface area contributed by atoms with Gasteiger partial charge in [-0.25, -0.2) is 14.6 Å². The number of nitrogens with zero attached hydrogens (tertiary/aromatic N) is 5. The SMILES string of the molecule is N#Cc1ccc(C(ON=C(C(=O)NC2C(=O)N3C(C(=O)O)=C(C=CCc4ccc5cccnc5c4)CSC23)c2csc(N)n2)C(=O)O)c(O)c1O. The number of thioether (sulfide) groups is 1. The van der Waals surface area contributed by atoms with Crippen molar-refractivity contribution in [2.24, 2.45) is 5.16 Å². The molecule has 2 amide bonds. The predicted octanol–water partition coefficient (Wildman–Crippen LogP) is 2.64. The van der Waals surface area contributed by atoms with Crippen molar-refractivity contribution in [3.63, 3.8) is 0 Å². The van der Waals surface area contributed by atoms with E-state index in [1.54, 1.807) is 24.4 Å². The Bertz CT molecular complexity index is 2240. The number of anilines is 1. The number of rotatable bonds is 11. The normalized spacial score (nSPS) is 17.8. The average molecular weight is 728 g/mol. The third kappa shape index (κ3) is 6.75. The smallest absolute Gasteiger partial charge is 0.352 e. The Labute approximate surface area is 295 Å². The fourth-order valence-electron chi connectivity index (χ4n) is 5.40. The molecule has 0 spiro atoms. The molecule has 0 saturated carbocycles. The van der Waals surface area contributed by atoms with E-state index in [1.807, 2.05) is 30.3 Å². The van der Waals surface area contributed by atoms with Crippen LogP contribution in [-0.4, -0.2) is 81.9 Å². The van der Waals surface area contributed by atoms with E-state index in [2.05, 4.69) is 20.4 Å². The van der Waals surface area contributed by atoms with Crippen molar-refractivity contribution in [3.8, 4) is 17.6 Å². The zero-order chi connectivity index (χ0) is 36.4. The van der Waals surface area contributed by atoms with E-state index in [4.69, 9.17) is 15.8 Å². The fraction of sp³-hybridized carbons (Fsp3) is 0.152. The van der Waals surface area contributed by atoms with Gasteiger partial charge in [0.2, 0.25) is 0 Å². The molecular formula is C33H25N7O9S2. The van der Waals surface area contributed by atoms with Crippen LogP contribution in [-0.2, 0) is 30.4 Å². The van der Waals surface area contributed by atoms with Crippen LogP contribution in [0.25, 0.3) is 10.9 Å². The van der Waals surface area contributed by atoms with Crippen LogP contribution >= 0.6 is 23.1 Å². The number of oxime groups is 1. The lowest BCUT2D eigenvalue weighted by Crippen LogP contribution is -2.71. The number of carboxylic acid groups (broad SMARTS) is 2. The van der Waals surface area contributed by atoms with Crippen molar-refractivity contribution in [2.45, 2.75) is 23.9 Å². The van der Waals surface area contributed by atoms with E-state index in [0.29, 0.717) is 12.0 Å². The highest BCUT2D eigenvalue weighted by Gasteiger charge is 2.54. The maximum Gasteiger partial charge on any atom is 0.352 e. The molecule has 51 heavy (non-hydrogen) atoms. The van der Waals surface area contributed by atoms with E-state index in [9.17, 15) is 39.6 Å². The number of carboxylic acids is 2. The number of thiazole rings is 1. The zero-order valence-corrected chi connectivity index (χ0v) is 27.6. The second kappa shape index (κ2) is 14.2. The summed E-state index contributed by atoms with van der Waals surface area (Å²) in [6.45, 7) is 0.